The molecule has 0 aromatic heterocycles. The molecule has 0 saturated carbocycles. The molecule has 0 heterocycles. The second kappa shape index (κ2) is 4.83. The van der Waals surface area contributed by atoms with Crippen molar-refractivity contribution in [2.75, 3.05) is 20.1 Å². The molecular weight excluding hydrogens is 148 g/mol. The average molecular weight is 172 g/mol. The molecule has 0 amide bonds. The highest BCUT2D eigenvalue weighted by atomic mass is 15.1. The first-order chi connectivity index (χ1) is 5.31. The Balaban J connectivity index is 3.53. The van der Waals surface area contributed by atoms with Crippen molar-refractivity contribution >= 4 is 0 Å². The molecule has 12 heavy (non-hydrogen) atoms. The molecule has 2 N–H and O–H groups in total. The third-order valence-corrected chi connectivity index (χ3v) is 1.71. The Hall–Kier alpha value is -0.0800. The molecule has 0 fully saturated rings. The Labute approximate surface area is 77.1 Å². The van der Waals surface area contributed by atoms with Gasteiger partial charge in [-0.25, -0.2) is 0 Å². The van der Waals surface area contributed by atoms with E-state index in [1.54, 1.807) is 0 Å². The van der Waals surface area contributed by atoms with Crippen LogP contribution in [-0.4, -0.2) is 31.1 Å². The molecule has 2 nitrogen and oxygen atoms in total. The van der Waals surface area contributed by atoms with Gasteiger partial charge in [-0.05, 0) is 32.4 Å². The molecule has 0 aromatic carbocycles. The van der Waals surface area contributed by atoms with Crippen molar-refractivity contribution in [2.45, 2.75) is 40.2 Å². The van der Waals surface area contributed by atoms with Crippen molar-refractivity contribution < 1.29 is 0 Å². The lowest BCUT2D eigenvalue weighted by molar-refractivity contribution is 0.222. The van der Waals surface area contributed by atoms with Crippen LogP contribution in [0.3, 0.4) is 0 Å². The van der Waals surface area contributed by atoms with E-state index in [2.05, 4.69) is 39.6 Å². The molecule has 2 heteroatoms. The second-order valence-electron chi connectivity index (χ2n) is 5.06. The highest BCUT2D eigenvalue weighted by molar-refractivity contribution is 4.67. The van der Waals surface area contributed by atoms with Crippen molar-refractivity contribution in [3.63, 3.8) is 0 Å². The molecule has 1 atom stereocenters. The van der Waals surface area contributed by atoms with E-state index in [1.165, 1.54) is 0 Å². The lowest BCUT2D eigenvalue weighted by Gasteiger charge is -2.26. The monoisotopic (exact) mass is 172 g/mol. The molecule has 74 valence electrons. The summed E-state index contributed by atoms with van der Waals surface area (Å²) in [5.41, 5.74) is 6.07. The van der Waals surface area contributed by atoms with Gasteiger partial charge in [0.25, 0.3) is 0 Å². The maximum atomic E-state index is 5.68. The third kappa shape index (κ3) is 8.02. The first kappa shape index (κ1) is 11.9. The van der Waals surface area contributed by atoms with Crippen molar-refractivity contribution in [1.82, 2.24) is 4.90 Å². The van der Waals surface area contributed by atoms with Gasteiger partial charge in [0.15, 0.2) is 0 Å². The molecule has 0 spiro atoms. The maximum Gasteiger partial charge on any atom is 0.00270 e. The molecule has 0 aliphatic rings. The number of nitrogens with two attached hydrogens (primary N) is 1. The average Bonchev–Trinajstić information content (AvgIpc) is 1.79. The number of nitrogens with zero attached hydrogens (tertiary/aromatic N) is 1. The summed E-state index contributed by atoms with van der Waals surface area (Å²) in [6, 6.07) is 0.326. The van der Waals surface area contributed by atoms with Gasteiger partial charge in [-0.15, -0.1) is 0 Å². The lowest BCUT2D eigenvalue weighted by atomic mass is 9.96. The predicted octanol–water partition coefficient (Wildman–Crippen LogP) is 1.70. The SMILES string of the molecule is CC(N)CCN(C)CC(C)(C)C. The van der Waals surface area contributed by atoms with Crippen LogP contribution in [0.25, 0.3) is 0 Å². The van der Waals surface area contributed by atoms with E-state index in [0.717, 1.165) is 19.5 Å². The smallest absolute Gasteiger partial charge is 0.00270 e. The minimum absolute atomic E-state index is 0.326. The fourth-order valence-corrected chi connectivity index (χ4v) is 1.31. The Bertz CT molecular complexity index is 113. The van der Waals surface area contributed by atoms with Crippen LogP contribution in [0.15, 0.2) is 0 Å². The predicted molar refractivity (Wildman–Crippen MR) is 55.2 cm³/mol. The van der Waals surface area contributed by atoms with E-state index < -0.39 is 0 Å². The van der Waals surface area contributed by atoms with Gasteiger partial charge in [0.1, 0.15) is 0 Å². The van der Waals surface area contributed by atoms with Crippen LogP contribution in [0, 0.1) is 5.41 Å². The van der Waals surface area contributed by atoms with Crippen LogP contribution in [-0.2, 0) is 0 Å². The summed E-state index contributed by atoms with van der Waals surface area (Å²) in [7, 11) is 2.16. The van der Waals surface area contributed by atoms with Crippen LogP contribution in [0.5, 0.6) is 0 Å². The fraction of sp³-hybridized carbons (Fsp3) is 1.00. The fourth-order valence-electron chi connectivity index (χ4n) is 1.31. The Kier molecular flexibility index (Phi) is 4.80. The van der Waals surface area contributed by atoms with Gasteiger partial charge in [-0.1, -0.05) is 20.8 Å². The van der Waals surface area contributed by atoms with Crippen molar-refractivity contribution in [3.05, 3.63) is 0 Å². The molecule has 0 radical (unpaired) electrons. The minimum Gasteiger partial charge on any atom is -0.328 e. The summed E-state index contributed by atoms with van der Waals surface area (Å²) in [4.78, 5) is 2.35. The number of hydrogen-bond acceptors (Lipinski definition) is 2. The summed E-state index contributed by atoms with van der Waals surface area (Å²) in [5.74, 6) is 0. The van der Waals surface area contributed by atoms with Crippen LogP contribution >= 0.6 is 0 Å². The summed E-state index contributed by atoms with van der Waals surface area (Å²) < 4.78 is 0. The maximum absolute atomic E-state index is 5.68. The summed E-state index contributed by atoms with van der Waals surface area (Å²) >= 11 is 0. The van der Waals surface area contributed by atoms with Gasteiger partial charge in [0.2, 0.25) is 0 Å². The summed E-state index contributed by atoms with van der Waals surface area (Å²) in [6.07, 6.45) is 1.09. The molecule has 0 aliphatic heterocycles. The van der Waals surface area contributed by atoms with E-state index in [1.807, 2.05) is 0 Å². The van der Waals surface area contributed by atoms with Crippen LogP contribution < -0.4 is 5.73 Å². The highest BCUT2D eigenvalue weighted by Crippen LogP contribution is 2.14. The zero-order chi connectivity index (χ0) is 9.78. The third-order valence-electron chi connectivity index (χ3n) is 1.71. The standard InChI is InChI=1S/C10H24N2/c1-9(11)6-7-12(5)8-10(2,3)4/h9H,6-8,11H2,1-5H3. The van der Waals surface area contributed by atoms with Gasteiger partial charge in [0.05, 0.1) is 0 Å². The second-order valence-corrected chi connectivity index (χ2v) is 5.06. The van der Waals surface area contributed by atoms with Crippen molar-refractivity contribution in [1.29, 1.82) is 0 Å². The molecular formula is C10H24N2. The van der Waals surface area contributed by atoms with E-state index in [-0.39, 0.29) is 0 Å². The Morgan fingerprint density at radius 1 is 1.33 bits per heavy atom. The Morgan fingerprint density at radius 2 is 1.83 bits per heavy atom. The Morgan fingerprint density at radius 3 is 2.17 bits per heavy atom. The lowest BCUT2D eigenvalue weighted by Crippen LogP contribution is -2.32. The normalized spacial score (nSPS) is 15.2. The van der Waals surface area contributed by atoms with E-state index in [4.69, 9.17) is 5.73 Å². The molecule has 0 bridgehead atoms. The topological polar surface area (TPSA) is 29.3 Å². The largest absolute Gasteiger partial charge is 0.328 e. The van der Waals surface area contributed by atoms with E-state index in [9.17, 15) is 0 Å². The van der Waals surface area contributed by atoms with Gasteiger partial charge >= 0.3 is 0 Å². The number of rotatable bonds is 4. The molecule has 0 saturated heterocycles. The van der Waals surface area contributed by atoms with E-state index >= 15 is 0 Å². The van der Waals surface area contributed by atoms with Gasteiger partial charge < -0.3 is 10.6 Å². The van der Waals surface area contributed by atoms with Crippen molar-refractivity contribution in [2.24, 2.45) is 11.1 Å². The van der Waals surface area contributed by atoms with Crippen LogP contribution in [0.1, 0.15) is 34.1 Å². The number of hydrogen-bond donors (Lipinski definition) is 1. The molecule has 1 unspecified atom stereocenters. The summed E-state index contributed by atoms with van der Waals surface area (Å²) in [6.45, 7) is 11.1. The van der Waals surface area contributed by atoms with Gasteiger partial charge in [-0.3, -0.25) is 0 Å². The van der Waals surface area contributed by atoms with Crippen LogP contribution in [0.4, 0.5) is 0 Å². The van der Waals surface area contributed by atoms with E-state index in [0.29, 0.717) is 11.5 Å². The molecule has 0 rings (SSSR count). The summed E-state index contributed by atoms with van der Waals surface area (Å²) in [5, 5.41) is 0. The van der Waals surface area contributed by atoms with Gasteiger partial charge in [0, 0.05) is 12.6 Å². The first-order valence-corrected chi connectivity index (χ1v) is 4.75. The zero-order valence-electron chi connectivity index (χ0n) is 9.22. The van der Waals surface area contributed by atoms with Crippen LogP contribution in [0.2, 0.25) is 0 Å². The van der Waals surface area contributed by atoms with Crippen molar-refractivity contribution in [3.8, 4) is 0 Å². The molecule has 0 aromatic rings. The van der Waals surface area contributed by atoms with Gasteiger partial charge in [-0.2, -0.15) is 0 Å². The quantitative estimate of drug-likeness (QED) is 0.699. The first-order valence-electron chi connectivity index (χ1n) is 4.75. The molecule has 0 aliphatic carbocycles. The minimum atomic E-state index is 0.326. The highest BCUT2D eigenvalue weighted by Gasteiger charge is 2.13. The zero-order valence-corrected chi connectivity index (χ0v) is 9.22.